The van der Waals surface area contributed by atoms with Gasteiger partial charge in [0.25, 0.3) is 0 Å². The topological polar surface area (TPSA) is 47.4 Å². The number of nitrogens with zero attached hydrogens (tertiary/aromatic N) is 2. The highest BCUT2D eigenvalue weighted by atomic mass is 16.1. The second-order valence-electron chi connectivity index (χ2n) is 2.57. The molecule has 0 aromatic rings. The van der Waals surface area contributed by atoms with Crippen LogP contribution in [-0.4, -0.2) is 48.7 Å². The van der Waals surface area contributed by atoms with E-state index in [1.165, 1.54) is 0 Å². The van der Waals surface area contributed by atoms with Gasteiger partial charge in [0.1, 0.15) is 0 Å². The number of carbonyl (C=O) groups excluding carboxylic acids is 1. The average Bonchev–Trinajstić information content (AvgIpc) is 1.82. The number of nitrogens with one attached hydrogen (secondary N) is 1. The lowest BCUT2D eigenvalue weighted by Gasteiger charge is -2.31. The Balaban J connectivity index is 2.66. The van der Waals surface area contributed by atoms with Gasteiger partial charge in [0, 0.05) is 14.1 Å². The Morgan fingerprint density at radius 1 is 1.30 bits per heavy atom. The summed E-state index contributed by atoms with van der Waals surface area (Å²) in [6.45, 7) is 0.756. The summed E-state index contributed by atoms with van der Waals surface area (Å²) in [5, 5.41) is 7.39. The number of hydrogen-bond donors (Lipinski definition) is 1. The van der Waals surface area contributed by atoms with Gasteiger partial charge in [0.05, 0.1) is 13.1 Å². The summed E-state index contributed by atoms with van der Waals surface area (Å²) >= 11 is 0. The summed E-state index contributed by atoms with van der Waals surface area (Å²) in [5.41, 5.74) is 0. The Bertz CT molecular complexity index is 162. The van der Waals surface area contributed by atoms with Gasteiger partial charge in [-0.25, -0.2) is 0 Å². The molecule has 1 rings (SSSR count). The summed E-state index contributed by atoms with van der Waals surface area (Å²) < 4.78 is 0. The third kappa shape index (κ3) is 1.10. The van der Waals surface area contributed by atoms with Crippen molar-refractivity contribution >= 4 is 11.7 Å². The molecule has 0 radical (unpaired) electrons. The molecule has 1 fully saturated rings. The van der Waals surface area contributed by atoms with E-state index in [2.05, 4.69) is 0 Å². The molecule has 0 unspecified atom stereocenters. The van der Waals surface area contributed by atoms with E-state index in [1.54, 1.807) is 23.9 Å². The van der Waals surface area contributed by atoms with Crippen LogP contribution in [-0.2, 0) is 4.79 Å². The number of Topliss-reactive ketones (excluding diaryl/α,β-unsaturated/α-hetero) is 1. The fraction of sp³-hybridized carbons (Fsp3) is 0.667. The zero-order valence-electron chi connectivity index (χ0n) is 6.22. The quantitative estimate of drug-likeness (QED) is 0.488. The largest absolute Gasteiger partial charge is 0.339 e. The minimum atomic E-state index is 0.168. The molecule has 10 heavy (non-hydrogen) atoms. The molecule has 1 heterocycles. The van der Waals surface area contributed by atoms with Crippen molar-refractivity contribution < 1.29 is 4.79 Å². The zero-order chi connectivity index (χ0) is 7.72. The summed E-state index contributed by atoms with van der Waals surface area (Å²) in [5.74, 6) is 0.584. The molecule has 0 spiro atoms. The highest BCUT2D eigenvalue weighted by Gasteiger charge is 2.21. The lowest BCUT2D eigenvalue weighted by molar-refractivity contribution is -0.120. The Hall–Kier alpha value is -1.06. The molecule has 1 aliphatic heterocycles. The molecule has 1 N–H and O–H groups in total. The van der Waals surface area contributed by atoms with Crippen molar-refractivity contribution in [3.05, 3.63) is 0 Å². The molecule has 1 saturated heterocycles. The monoisotopic (exact) mass is 141 g/mol. The summed E-state index contributed by atoms with van der Waals surface area (Å²) in [4.78, 5) is 14.1. The Labute approximate surface area is 59.9 Å². The Morgan fingerprint density at radius 3 is 2.10 bits per heavy atom. The SMILES string of the molecule is CN1CC(=O)CN(C)C1=N. The van der Waals surface area contributed by atoms with E-state index in [1.807, 2.05) is 0 Å². The van der Waals surface area contributed by atoms with E-state index < -0.39 is 0 Å². The van der Waals surface area contributed by atoms with Crippen molar-refractivity contribution in [2.24, 2.45) is 0 Å². The smallest absolute Gasteiger partial charge is 0.194 e. The van der Waals surface area contributed by atoms with Crippen LogP contribution in [0.25, 0.3) is 0 Å². The van der Waals surface area contributed by atoms with Gasteiger partial charge in [-0.05, 0) is 0 Å². The third-order valence-electron chi connectivity index (χ3n) is 1.55. The van der Waals surface area contributed by atoms with Gasteiger partial charge >= 0.3 is 0 Å². The number of ketones is 1. The summed E-state index contributed by atoms with van der Waals surface area (Å²) in [6.07, 6.45) is 0. The molecular weight excluding hydrogens is 130 g/mol. The standard InChI is InChI=1S/C6H11N3O/c1-8-3-5(10)4-9(2)6(8)7/h7H,3-4H2,1-2H3. The Morgan fingerprint density at radius 2 is 1.70 bits per heavy atom. The van der Waals surface area contributed by atoms with Crippen LogP contribution in [0.15, 0.2) is 0 Å². The van der Waals surface area contributed by atoms with Crippen molar-refractivity contribution in [3.63, 3.8) is 0 Å². The number of hydrogen-bond acceptors (Lipinski definition) is 2. The van der Waals surface area contributed by atoms with Gasteiger partial charge in [-0.3, -0.25) is 10.2 Å². The van der Waals surface area contributed by atoms with Crippen molar-refractivity contribution in [1.29, 1.82) is 5.41 Å². The molecule has 4 nitrogen and oxygen atoms in total. The van der Waals surface area contributed by atoms with Gasteiger partial charge in [0.15, 0.2) is 11.7 Å². The van der Waals surface area contributed by atoms with E-state index in [-0.39, 0.29) is 5.78 Å². The van der Waals surface area contributed by atoms with Gasteiger partial charge in [0.2, 0.25) is 0 Å². The molecule has 0 saturated carbocycles. The fourth-order valence-corrected chi connectivity index (χ4v) is 1.02. The molecule has 0 aromatic heterocycles. The molecule has 1 aliphatic rings. The van der Waals surface area contributed by atoms with E-state index in [0.717, 1.165) is 0 Å². The van der Waals surface area contributed by atoms with E-state index in [0.29, 0.717) is 19.0 Å². The highest BCUT2D eigenvalue weighted by Crippen LogP contribution is 1.98. The number of guanidine groups is 1. The van der Waals surface area contributed by atoms with Crippen LogP contribution in [0.1, 0.15) is 0 Å². The van der Waals surface area contributed by atoms with Crippen molar-refractivity contribution in [2.45, 2.75) is 0 Å². The first-order valence-electron chi connectivity index (χ1n) is 3.14. The zero-order valence-corrected chi connectivity index (χ0v) is 6.22. The number of carbonyl (C=O) groups is 1. The van der Waals surface area contributed by atoms with Crippen LogP contribution in [0.5, 0.6) is 0 Å². The number of rotatable bonds is 0. The summed E-state index contributed by atoms with van der Waals surface area (Å²) in [7, 11) is 3.49. The maximum atomic E-state index is 10.8. The minimum Gasteiger partial charge on any atom is -0.339 e. The predicted octanol–water partition coefficient (Wildman–Crippen LogP) is -0.633. The number of likely N-dealkylation sites (N-methyl/N-ethyl adjacent to an activating group) is 2. The van der Waals surface area contributed by atoms with E-state index in [4.69, 9.17) is 5.41 Å². The maximum Gasteiger partial charge on any atom is 0.194 e. The lowest BCUT2D eigenvalue weighted by atomic mass is 10.3. The first kappa shape index (κ1) is 7.05. The van der Waals surface area contributed by atoms with Crippen LogP contribution in [0.2, 0.25) is 0 Å². The lowest BCUT2D eigenvalue weighted by Crippen LogP contribution is -2.50. The first-order chi connectivity index (χ1) is 4.61. The fourth-order valence-electron chi connectivity index (χ4n) is 1.02. The van der Waals surface area contributed by atoms with Crippen LogP contribution < -0.4 is 0 Å². The van der Waals surface area contributed by atoms with Crippen LogP contribution >= 0.6 is 0 Å². The maximum absolute atomic E-state index is 10.8. The van der Waals surface area contributed by atoms with Gasteiger partial charge < -0.3 is 9.80 Å². The highest BCUT2D eigenvalue weighted by molar-refractivity contribution is 5.93. The molecule has 0 bridgehead atoms. The Kier molecular flexibility index (Phi) is 1.61. The molecule has 0 amide bonds. The molecular formula is C6H11N3O. The summed E-state index contributed by atoms with van der Waals surface area (Å²) in [6, 6.07) is 0. The minimum absolute atomic E-state index is 0.168. The van der Waals surface area contributed by atoms with Crippen LogP contribution in [0.3, 0.4) is 0 Å². The van der Waals surface area contributed by atoms with Gasteiger partial charge in [-0.1, -0.05) is 0 Å². The van der Waals surface area contributed by atoms with Crippen molar-refractivity contribution in [2.75, 3.05) is 27.2 Å². The normalized spacial score (nSPS) is 20.2. The van der Waals surface area contributed by atoms with Gasteiger partial charge in [-0.2, -0.15) is 0 Å². The molecule has 0 aliphatic carbocycles. The van der Waals surface area contributed by atoms with Crippen LogP contribution in [0.4, 0.5) is 0 Å². The molecule has 4 heteroatoms. The first-order valence-corrected chi connectivity index (χ1v) is 3.14. The van der Waals surface area contributed by atoms with Crippen LogP contribution in [0, 0.1) is 5.41 Å². The second-order valence-corrected chi connectivity index (χ2v) is 2.57. The van der Waals surface area contributed by atoms with E-state index in [9.17, 15) is 4.79 Å². The predicted molar refractivity (Wildman–Crippen MR) is 38.0 cm³/mol. The molecule has 0 aromatic carbocycles. The second kappa shape index (κ2) is 2.28. The molecule has 56 valence electrons. The van der Waals surface area contributed by atoms with Crippen molar-refractivity contribution in [1.82, 2.24) is 9.80 Å². The molecule has 0 atom stereocenters. The van der Waals surface area contributed by atoms with E-state index >= 15 is 0 Å². The third-order valence-corrected chi connectivity index (χ3v) is 1.55. The average molecular weight is 141 g/mol. The van der Waals surface area contributed by atoms with Crippen molar-refractivity contribution in [3.8, 4) is 0 Å². The van der Waals surface area contributed by atoms with Gasteiger partial charge in [-0.15, -0.1) is 0 Å².